The number of benzene rings is 1. The van der Waals surface area contributed by atoms with Gasteiger partial charge in [-0.3, -0.25) is 5.32 Å². The molecular weight excluding hydrogens is 497 g/mol. The number of nitrogens with zero attached hydrogens (tertiary/aromatic N) is 5. The van der Waals surface area contributed by atoms with Crippen LogP contribution >= 0.6 is 11.8 Å². The maximum absolute atomic E-state index is 12.5. The molecule has 4 heterocycles. The Balaban J connectivity index is 1.33. The lowest BCUT2D eigenvalue weighted by Gasteiger charge is -2.35. The number of nitrogens with two attached hydrogens (primary N) is 1. The van der Waals surface area contributed by atoms with Gasteiger partial charge in [-0.05, 0) is 43.4 Å². The normalized spacial score (nSPS) is 19.0. The lowest BCUT2D eigenvalue weighted by atomic mass is 10.3. The summed E-state index contributed by atoms with van der Waals surface area (Å²) in [5, 5.41) is 12.4. The van der Waals surface area contributed by atoms with E-state index in [1.165, 1.54) is 23.9 Å². The summed E-state index contributed by atoms with van der Waals surface area (Å²) in [5.74, 6) is 2.39. The molecule has 0 aliphatic carbocycles. The van der Waals surface area contributed by atoms with Crippen LogP contribution in [0.15, 0.2) is 68.0 Å². The number of quaternary nitrogens is 1. The van der Waals surface area contributed by atoms with Gasteiger partial charge in [0.25, 0.3) is 0 Å². The number of piperazine rings is 1. The van der Waals surface area contributed by atoms with Gasteiger partial charge in [-0.1, -0.05) is 11.8 Å². The molecule has 2 aromatic heterocycles. The zero-order valence-corrected chi connectivity index (χ0v) is 20.0. The highest BCUT2D eigenvalue weighted by Crippen LogP contribution is 2.30. The van der Waals surface area contributed by atoms with Crippen LogP contribution in [0.4, 0.5) is 19.0 Å². The van der Waals surface area contributed by atoms with Crippen LogP contribution in [0.5, 0.6) is 5.75 Å². The highest BCUT2D eigenvalue weighted by molar-refractivity contribution is 8.00. The lowest BCUT2D eigenvalue weighted by Crippen LogP contribution is -2.87. The molecule has 2 aliphatic heterocycles. The number of ether oxygens (including phenoxy) is 1. The summed E-state index contributed by atoms with van der Waals surface area (Å²) in [6, 6.07) is 11.1. The Morgan fingerprint density at radius 3 is 2.58 bits per heavy atom. The zero-order chi connectivity index (χ0) is 25.1. The molecule has 5 rings (SSSR count). The van der Waals surface area contributed by atoms with E-state index in [0.717, 1.165) is 32.0 Å². The Morgan fingerprint density at radius 2 is 1.89 bits per heavy atom. The summed E-state index contributed by atoms with van der Waals surface area (Å²) in [7, 11) is 2.08. The third-order valence-corrected chi connectivity index (χ3v) is 6.45. The molecule has 1 atom stereocenters. The Labute approximate surface area is 208 Å². The van der Waals surface area contributed by atoms with Crippen LogP contribution in [0.2, 0.25) is 0 Å². The smallest absolute Gasteiger partial charge is 0.463 e. The standard InChI is InChI=1S/C22H23F3N8O2S/c1-32-8-10-33(11-9-32)20-27-19(26-18-13-16(30-31-18)17-3-2-12-34-17)28-21(29-20)36-15-6-4-14(5-7-15)35-22(23,24)25/h2-7,12-13,21H,8-11H2,1H3,(H3,26,27,28,29,30,31)/p+1. The van der Waals surface area contributed by atoms with Crippen molar-refractivity contribution < 1.29 is 27.6 Å². The minimum Gasteiger partial charge on any atom is -0.463 e. The highest BCUT2D eigenvalue weighted by Gasteiger charge is 2.31. The molecule has 0 amide bonds. The van der Waals surface area contributed by atoms with Crippen molar-refractivity contribution in [3.8, 4) is 17.2 Å². The topological polar surface area (TPSA) is 111 Å². The third kappa shape index (κ3) is 6.19. The summed E-state index contributed by atoms with van der Waals surface area (Å²) in [6.07, 6.45) is -3.15. The number of hydrogen-bond acceptors (Lipinski definition) is 9. The molecule has 1 unspecified atom stereocenters. The molecule has 1 fully saturated rings. The number of furan rings is 1. The second kappa shape index (κ2) is 10.2. The van der Waals surface area contributed by atoms with Gasteiger partial charge < -0.3 is 19.0 Å². The number of halogens is 3. The van der Waals surface area contributed by atoms with E-state index in [4.69, 9.17) is 14.4 Å². The molecule has 1 saturated heterocycles. The first-order valence-electron chi connectivity index (χ1n) is 11.1. The fourth-order valence-corrected chi connectivity index (χ4v) is 4.54. The van der Waals surface area contributed by atoms with Crippen LogP contribution < -0.4 is 15.4 Å². The quantitative estimate of drug-likeness (QED) is 0.473. The third-order valence-electron chi connectivity index (χ3n) is 5.49. The largest absolute Gasteiger partial charge is 0.573 e. The number of aromatic amines is 1. The summed E-state index contributed by atoms with van der Waals surface area (Å²) in [6.45, 7) is 3.43. The van der Waals surface area contributed by atoms with E-state index >= 15 is 0 Å². The van der Waals surface area contributed by atoms with Crippen LogP contribution in [-0.2, 0) is 0 Å². The van der Waals surface area contributed by atoms with E-state index in [2.05, 4.69) is 37.1 Å². The minimum atomic E-state index is -4.73. The maximum Gasteiger partial charge on any atom is 0.573 e. The number of aromatic nitrogens is 2. The zero-order valence-electron chi connectivity index (χ0n) is 19.2. The lowest BCUT2D eigenvalue weighted by molar-refractivity contribution is -0.452. The van der Waals surface area contributed by atoms with Crippen molar-refractivity contribution in [3.05, 3.63) is 48.7 Å². The summed E-state index contributed by atoms with van der Waals surface area (Å²) < 4.78 is 46.8. The number of hydrogen-bond donors (Lipinski definition) is 3. The summed E-state index contributed by atoms with van der Waals surface area (Å²) in [4.78, 5) is 14.6. The number of guanidine groups is 2. The van der Waals surface area contributed by atoms with Gasteiger partial charge in [0, 0.05) is 31.1 Å². The van der Waals surface area contributed by atoms with Crippen molar-refractivity contribution in [2.24, 2.45) is 9.98 Å². The molecule has 0 radical (unpaired) electrons. The Hall–Kier alpha value is -3.49. The molecular formula is C22H24F3N8O2S+. The second-order valence-corrected chi connectivity index (χ2v) is 9.30. The van der Waals surface area contributed by atoms with Crippen molar-refractivity contribution in [1.29, 1.82) is 0 Å². The monoisotopic (exact) mass is 521 g/mol. The highest BCUT2D eigenvalue weighted by atomic mass is 32.2. The fourth-order valence-electron chi connectivity index (χ4n) is 3.69. The number of aliphatic imine (C=N–C) groups is 2. The second-order valence-electron chi connectivity index (χ2n) is 8.18. The molecule has 4 N–H and O–H groups in total. The van der Waals surface area contributed by atoms with Gasteiger partial charge in [-0.25, -0.2) is 15.4 Å². The Morgan fingerprint density at radius 1 is 1.11 bits per heavy atom. The maximum atomic E-state index is 12.5. The SMILES string of the molecule is CN1CCN(C2=NC(Sc3ccc(OC(F)(F)F)cc3)N=C([NH2+]c3cc(-c4ccco4)n[nH]3)N2)CC1. The number of alkyl halides is 3. The number of thioether (sulfide) groups is 1. The number of H-pyrrole nitrogens is 1. The van der Waals surface area contributed by atoms with Crippen LogP contribution in [0.25, 0.3) is 11.5 Å². The molecule has 14 heteroatoms. The van der Waals surface area contributed by atoms with E-state index in [-0.39, 0.29) is 5.75 Å². The van der Waals surface area contributed by atoms with Gasteiger partial charge in [0.05, 0.1) is 12.3 Å². The van der Waals surface area contributed by atoms with Crippen LogP contribution in [0.1, 0.15) is 0 Å². The predicted octanol–water partition coefficient (Wildman–Crippen LogP) is 2.40. The van der Waals surface area contributed by atoms with Gasteiger partial charge in [-0.15, -0.1) is 13.2 Å². The van der Waals surface area contributed by atoms with Crippen LogP contribution in [-0.4, -0.2) is 77.0 Å². The molecule has 2 aliphatic rings. The Kier molecular flexibility index (Phi) is 6.89. The van der Waals surface area contributed by atoms with Crippen LogP contribution in [0.3, 0.4) is 0 Å². The van der Waals surface area contributed by atoms with E-state index in [0.29, 0.717) is 28.3 Å². The van der Waals surface area contributed by atoms with Crippen molar-refractivity contribution in [3.63, 3.8) is 0 Å². The van der Waals surface area contributed by atoms with Gasteiger partial charge in [-0.2, -0.15) is 10.1 Å². The average Bonchev–Trinajstić information content (AvgIpc) is 3.52. The van der Waals surface area contributed by atoms with Crippen molar-refractivity contribution in [2.45, 2.75) is 16.8 Å². The summed E-state index contributed by atoms with van der Waals surface area (Å²) in [5.41, 5.74) is 0.136. The van der Waals surface area contributed by atoms with Gasteiger partial charge in [0.1, 0.15) is 11.4 Å². The van der Waals surface area contributed by atoms with Crippen LogP contribution in [0, 0.1) is 0 Å². The number of rotatable bonds is 5. The first-order valence-corrected chi connectivity index (χ1v) is 12.0. The van der Waals surface area contributed by atoms with E-state index in [1.54, 1.807) is 24.5 Å². The van der Waals surface area contributed by atoms with Crippen molar-refractivity contribution in [1.82, 2.24) is 25.3 Å². The molecule has 0 saturated carbocycles. The molecule has 10 nitrogen and oxygen atoms in total. The molecule has 0 spiro atoms. The number of nitrogens with one attached hydrogen (secondary N) is 2. The fraction of sp³-hybridized carbons (Fsp3) is 0.318. The number of likely N-dealkylation sites (N-methyl/N-ethyl adjacent to an activating group) is 1. The average molecular weight is 522 g/mol. The first kappa shape index (κ1) is 24.2. The minimum absolute atomic E-state index is 0.275. The van der Waals surface area contributed by atoms with E-state index < -0.39 is 11.9 Å². The van der Waals surface area contributed by atoms with Crippen molar-refractivity contribution in [2.75, 3.05) is 33.2 Å². The van der Waals surface area contributed by atoms with E-state index in [1.807, 2.05) is 17.4 Å². The summed E-state index contributed by atoms with van der Waals surface area (Å²) >= 11 is 1.33. The Bertz CT molecular complexity index is 1220. The molecule has 36 heavy (non-hydrogen) atoms. The molecule has 0 bridgehead atoms. The molecule has 1 aromatic carbocycles. The van der Waals surface area contributed by atoms with Gasteiger partial charge >= 0.3 is 12.3 Å². The predicted molar refractivity (Wildman–Crippen MR) is 128 cm³/mol. The molecule has 3 aromatic rings. The van der Waals surface area contributed by atoms with Gasteiger partial charge in [0.2, 0.25) is 17.3 Å². The first-order chi connectivity index (χ1) is 17.3. The van der Waals surface area contributed by atoms with Crippen molar-refractivity contribution >= 4 is 29.5 Å². The molecule has 190 valence electrons. The van der Waals surface area contributed by atoms with Gasteiger partial charge in [0.15, 0.2) is 5.76 Å². The van der Waals surface area contributed by atoms with E-state index in [9.17, 15) is 13.2 Å².